The highest BCUT2D eigenvalue weighted by Gasteiger charge is 1.95. The van der Waals surface area contributed by atoms with Crippen molar-refractivity contribution in [3.8, 4) is 0 Å². The number of rotatable bonds is 0. The molecule has 0 aromatic carbocycles. The maximum atomic E-state index is 4.14. The van der Waals surface area contributed by atoms with Crippen molar-refractivity contribution >= 4 is 5.71 Å². The number of allylic oxidation sites excluding steroid dienone is 1. The smallest absolute Gasteiger partial charge is 0.0603 e. The topological polar surface area (TPSA) is 12.4 Å². The van der Waals surface area contributed by atoms with E-state index in [0.29, 0.717) is 0 Å². The van der Waals surface area contributed by atoms with E-state index in [1.807, 2.05) is 6.92 Å². The fraction of sp³-hybridized carbons (Fsp3) is 0.500. The van der Waals surface area contributed by atoms with E-state index in [-0.39, 0.29) is 0 Å². The Morgan fingerprint density at radius 2 is 2.29 bits per heavy atom. The second kappa shape index (κ2) is 1.49. The molecule has 0 saturated heterocycles. The SMILES string of the molecule is CC1=CC(C)=NC1. The average Bonchev–Trinajstić information content (AvgIpc) is 1.87. The van der Waals surface area contributed by atoms with Crippen LogP contribution in [0.5, 0.6) is 0 Å². The average molecular weight is 95.1 g/mol. The lowest BCUT2D eigenvalue weighted by molar-refractivity contribution is 1.17. The molecule has 0 bridgehead atoms. The van der Waals surface area contributed by atoms with Gasteiger partial charge in [0.05, 0.1) is 6.54 Å². The second-order valence-electron chi connectivity index (χ2n) is 1.95. The standard InChI is InChI=1S/C6H9N/c1-5-3-6(2)7-4-5/h3H,4H2,1-2H3. The van der Waals surface area contributed by atoms with E-state index < -0.39 is 0 Å². The summed E-state index contributed by atoms with van der Waals surface area (Å²) in [6.45, 7) is 5.04. The third-order valence-electron chi connectivity index (χ3n) is 1.03. The quantitative estimate of drug-likeness (QED) is 0.431. The molecule has 1 rings (SSSR count). The molecule has 0 fully saturated rings. The van der Waals surface area contributed by atoms with Gasteiger partial charge in [-0.1, -0.05) is 5.57 Å². The van der Waals surface area contributed by atoms with Crippen LogP contribution in [0.1, 0.15) is 13.8 Å². The largest absolute Gasteiger partial charge is 0.286 e. The molecule has 0 amide bonds. The van der Waals surface area contributed by atoms with Crippen LogP contribution in [0.4, 0.5) is 0 Å². The minimum absolute atomic E-state index is 0.922. The van der Waals surface area contributed by atoms with Crippen LogP contribution in [0.3, 0.4) is 0 Å². The van der Waals surface area contributed by atoms with Crippen LogP contribution in [0.25, 0.3) is 0 Å². The Labute approximate surface area is 43.8 Å². The predicted molar refractivity (Wildman–Crippen MR) is 31.7 cm³/mol. The van der Waals surface area contributed by atoms with Gasteiger partial charge in [-0.25, -0.2) is 0 Å². The van der Waals surface area contributed by atoms with E-state index in [0.717, 1.165) is 12.3 Å². The molecule has 7 heavy (non-hydrogen) atoms. The molecule has 0 aliphatic carbocycles. The van der Waals surface area contributed by atoms with Gasteiger partial charge in [0.15, 0.2) is 0 Å². The van der Waals surface area contributed by atoms with Gasteiger partial charge in [0.2, 0.25) is 0 Å². The first kappa shape index (κ1) is 4.57. The van der Waals surface area contributed by atoms with Crippen molar-refractivity contribution in [3.63, 3.8) is 0 Å². The van der Waals surface area contributed by atoms with Gasteiger partial charge < -0.3 is 0 Å². The van der Waals surface area contributed by atoms with E-state index in [9.17, 15) is 0 Å². The summed E-state index contributed by atoms with van der Waals surface area (Å²) in [5.74, 6) is 0. The second-order valence-corrected chi connectivity index (χ2v) is 1.95. The minimum atomic E-state index is 0.922. The molecule has 0 N–H and O–H groups in total. The van der Waals surface area contributed by atoms with Crippen molar-refractivity contribution in [2.45, 2.75) is 13.8 Å². The number of aliphatic imine (C=N–C) groups is 1. The fourth-order valence-corrected chi connectivity index (χ4v) is 0.697. The van der Waals surface area contributed by atoms with Crippen LogP contribution >= 0.6 is 0 Å². The number of hydrogen-bond donors (Lipinski definition) is 0. The zero-order chi connectivity index (χ0) is 5.28. The molecule has 1 heteroatoms. The Balaban J connectivity index is 2.69. The van der Waals surface area contributed by atoms with Gasteiger partial charge in [0, 0.05) is 5.71 Å². The third kappa shape index (κ3) is 0.889. The fourth-order valence-electron chi connectivity index (χ4n) is 0.697. The first-order valence-corrected chi connectivity index (χ1v) is 2.47. The molecule has 0 radical (unpaired) electrons. The van der Waals surface area contributed by atoms with Crippen LogP contribution in [0.2, 0.25) is 0 Å². The monoisotopic (exact) mass is 95.1 g/mol. The third-order valence-corrected chi connectivity index (χ3v) is 1.03. The van der Waals surface area contributed by atoms with Crippen molar-refractivity contribution in [1.82, 2.24) is 0 Å². The molecule has 0 unspecified atom stereocenters. The summed E-state index contributed by atoms with van der Waals surface area (Å²) in [5, 5.41) is 0. The molecule has 0 aromatic heterocycles. The summed E-state index contributed by atoms with van der Waals surface area (Å²) in [6, 6.07) is 0. The summed E-state index contributed by atoms with van der Waals surface area (Å²) in [4.78, 5) is 4.14. The Morgan fingerprint density at radius 3 is 2.43 bits per heavy atom. The lowest BCUT2D eigenvalue weighted by Crippen LogP contribution is -1.73. The van der Waals surface area contributed by atoms with E-state index in [4.69, 9.17) is 0 Å². The Morgan fingerprint density at radius 1 is 1.57 bits per heavy atom. The first-order valence-electron chi connectivity index (χ1n) is 2.47. The van der Waals surface area contributed by atoms with Gasteiger partial charge in [-0.05, 0) is 19.9 Å². The van der Waals surface area contributed by atoms with E-state index in [2.05, 4.69) is 18.0 Å². The van der Waals surface area contributed by atoms with Gasteiger partial charge in [0.25, 0.3) is 0 Å². The van der Waals surface area contributed by atoms with Gasteiger partial charge in [-0.3, -0.25) is 4.99 Å². The van der Waals surface area contributed by atoms with E-state index >= 15 is 0 Å². The van der Waals surface area contributed by atoms with Crippen LogP contribution in [0.15, 0.2) is 16.6 Å². The molecule has 0 atom stereocenters. The van der Waals surface area contributed by atoms with Crippen molar-refractivity contribution in [1.29, 1.82) is 0 Å². The first-order chi connectivity index (χ1) is 3.29. The highest BCUT2D eigenvalue weighted by molar-refractivity contribution is 5.95. The van der Waals surface area contributed by atoms with Crippen molar-refractivity contribution < 1.29 is 0 Å². The van der Waals surface area contributed by atoms with Crippen molar-refractivity contribution in [3.05, 3.63) is 11.6 Å². The molecule has 1 nitrogen and oxygen atoms in total. The number of nitrogens with zero attached hydrogens (tertiary/aromatic N) is 1. The predicted octanol–water partition coefficient (Wildman–Crippen LogP) is 1.41. The summed E-state index contributed by atoms with van der Waals surface area (Å²) in [7, 11) is 0. The summed E-state index contributed by atoms with van der Waals surface area (Å²) >= 11 is 0. The van der Waals surface area contributed by atoms with Crippen molar-refractivity contribution in [2.24, 2.45) is 4.99 Å². The Bertz CT molecular complexity index is 131. The zero-order valence-corrected chi connectivity index (χ0v) is 4.73. The van der Waals surface area contributed by atoms with E-state index in [1.54, 1.807) is 0 Å². The summed E-state index contributed by atoms with van der Waals surface area (Å²) < 4.78 is 0. The molecule has 0 aromatic rings. The highest BCUT2D eigenvalue weighted by Crippen LogP contribution is 2.01. The lowest BCUT2D eigenvalue weighted by atomic mass is 10.3. The van der Waals surface area contributed by atoms with Crippen LogP contribution in [0, 0.1) is 0 Å². The van der Waals surface area contributed by atoms with Crippen LogP contribution in [-0.4, -0.2) is 12.3 Å². The van der Waals surface area contributed by atoms with Crippen LogP contribution < -0.4 is 0 Å². The minimum Gasteiger partial charge on any atom is -0.286 e. The molecule has 1 aliphatic rings. The molecule has 0 spiro atoms. The Kier molecular flexibility index (Phi) is 0.970. The maximum Gasteiger partial charge on any atom is 0.0603 e. The van der Waals surface area contributed by atoms with Gasteiger partial charge in [-0.15, -0.1) is 0 Å². The summed E-state index contributed by atoms with van der Waals surface area (Å²) in [5.41, 5.74) is 2.54. The molecular formula is C6H9N. The molecule has 1 aliphatic heterocycles. The number of hydrogen-bond acceptors (Lipinski definition) is 1. The zero-order valence-electron chi connectivity index (χ0n) is 4.73. The van der Waals surface area contributed by atoms with E-state index in [1.165, 1.54) is 5.57 Å². The molecular weight excluding hydrogens is 86.1 g/mol. The van der Waals surface area contributed by atoms with Gasteiger partial charge >= 0.3 is 0 Å². The molecule has 38 valence electrons. The maximum absolute atomic E-state index is 4.14. The van der Waals surface area contributed by atoms with Crippen LogP contribution in [-0.2, 0) is 0 Å². The molecule has 0 saturated carbocycles. The summed E-state index contributed by atoms with van der Waals surface area (Å²) in [6.07, 6.45) is 2.11. The lowest BCUT2D eigenvalue weighted by Gasteiger charge is -1.77. The molecule has 1 heterocycles. The van der Waals surface area contributed by atoms with Gasteiger partial charge in [0.1, 0.15) is 0 Å². The van der Waals surface area contributed by atoms with Crippen molar-refractivity contribution in [2.75, 3.05) is 6.54 Å². The highest BCUT2D eigenvalue weighted by atomic mass is 14.7. The normalized spacial score (nSPS) is 19.1. The van der Waals surface area contributed by atoms with Gasteiger partial charge in [-0.2, -0.15) is 0 Å². The Hall–Kier alpha value is -0.590.